The third-order valence-corrected chi connectivity index (χ3v) is 2.78. The van der Waals surface area contributed by atoms with Crippen LogP contribution < -0.4 is 5.32 Å². The van der Waals surface area contributed by atoms with Crippen LogP contribution in [0.15, 0.2) is 48.5 Å². The van der Waals surface area contributed by atoms with Gasteiger partial charge in [-0.15, -0.1) is 0 Å². The monoisotopic (exact) mass is 270 g/mol. The maximum absolute atomic E-state index is 13.1. The summed E-state index contributed by atoms with van der Waals surface area (Å²) in [6.07, 6.45) is 0. The molecule has 0 spiro atoms. The molecular formula is C15H11FN2O2. The Morgan fingerprint density at radius 3 is 2.55 bits per heavy atom. The molecule has 0 aliphatic heterocycles. The number of carboxylic acid groups (broad SMARTS) is 1. The second-order valence-corrected chi connectivity index (χ2v) is 4.13. The number of nitriles is 1. The molecule has 0 aromatic heterocycles. The minimum Gasteiger partial charge on any atom is -0.479 e. The Morgan fingerprint density at radius 2 is 1.95 bits per heavy atom. The fourth-order valence-corrected chi connectivity index (χ4v) is 1.82. The predicted octanol–water partition coefficient (Wildman–Crippen LogP) is 2.94. The van der Waals surface area contributed by atoms with Gasteiger partial charge in [-0.3, -0.25) is 0 Å². The van der Waals surface area contributed by atoms with E-state index in [1.165, 1.54) is 12.1 Å². The second-order valence-electron chi connectivity index (χ2n) is 4.13. The molecule has 0 aliphatic rings. The minimum atomic E-state index is -1.08. The van der Waals surface area contributed by atoms with Crippen LogP contribution in [0, 0.1) is 17.1 Å². The van der Waals surface area contributed by atoms with Gasteiger partial charge < -0.3 is 10.4 Å². The van der Waals surface area contributed by atoms with E-state index >= 15 is 0 Å². The number of nitrogens with one attached hydrogen (secondary N) is 1. The van der Waals surface area contributed by atoms with E-state index in [9.17, 15) is 14.3 Å². The largest absolute Gasteiger partial charge is 0.479 e. The zero-order valence-electron chi connectivity index (χ0n) is 10.4. The summed E-state index contributed by atoms with van der Waals surface area (Å²) >= 11 is 0. The zero-order valence-corrected chi connectivity index (χ0v) is 10.4. The molecule has 0 saturated heterocycles. The number of carboxylic acids is 1. The molecular weight excluding hydrogens is 259 g/mol. The third kappa shape index (κ3) is 2.93. The van der Waals surface area contributed by atoms with Crippen molar-refractivity contribution >= 4 is 11.7 Å². The Bertz CT molecular complexity index is 665. The molecule has 2 rings (SSSR count). The maximum Gasteiger partial charge on any atom is 0.330 e. The van der Waals surface area contributed by atoms with Crippen molar-refractivity contribution in [1.82, 2.24) is 0 Å². The third-order valence-electron chi connectivity index (χ3n) is 2.78. The molecule has 0 radical (unpaired) electrons. The number of benzene rings is 2. The zero-order chi connectivity index (χ0) is 14.5. The molecule has 5 heteroatoms. The van der Waals surface area contributed by atoms with Crippen molar-refractivity contribution in [2.24, 2.45) is 0 Å². The lowest BCUT2D eigenvalue weighted by atomic mass is 10.1. The van der Waals surface area contributed by atoms with Crippen molar-refractivity contribution in [2.75, 3.05) is 5.32 Å². The predicted molar refractivity (Wildman–Crippen MR) is 71.6 cm³/mol. The number of hydrogen-bond donors (Lipinski definition) is 2. The topological polar surface area (TPSA) is 73.1 Å². The quantitative estimate of drug-likeness (QED) is 0.895. The smallest absolute Gasteiger partial charge is 0.330 e. The van der Waals surface area contributed by atoms with Crippen LogP contribution in [0.5, 0.6) is 0 Å². The van der Waals surface area contributed by atoms with Gasteiger partial charge in [0, 0.05) is 0 Å². The highest BCUT2D eigenvalue weighted by atomic mass is 19.1. The summed E-state index contributed by atoms with van der Waals surface area (Å²) in [5.74, 6) is -1.62. The normalized spacial score (nSPS) is 11.4. The average Bonchev–Trinajstić information content (AvgIpc) is 2.46. The Morgan fingerprint density at radius 1 is 1.25 bits per heavy atom. The van der Waals surface area contributed by atoms with Crippen molar-refractivity contribution in [3.05, 3.63) is 65.5 Å². The van der Waals surface area contributed by atoms with Gasteiger partial charge in [-0.2, -0.15) is 5.26 Å². The van der Waals surface area contributed by atoms with Crippen molar-refractivity contribution in [3.63, 3.8) is 0 Å². The number of aliphatic carboxylic acids is 1. The maximum atomic E-state index is 13.1. The number of halogens is 1. The van der Waals surface area contributed by atoms with E-state index in [0.717, 1.165) is 6.07 Å². The van der Waals surface area contributed by atoms with E-state index in [0.29, 0.717) is 5.56 Å². The first-order valence-electron chi connectivity index (χ1n) is 5.86. The fourth-order valence-electron chi connectivity index (χ4n) is 1.82. The van der Waals surface area contributed by atoms with Crippen molar-refractivity contribution in [3.8, 4) is 6.07 Å². The molecule has 4 nitrogen and oxygen atoms in total. The summed E-state index contributed by atoms with van der Waals surface area (Å²) in [5, 5.41) is 21.0. The Balaban J connectivity index is 2.35. The summed E-state index contributed by atoms with van der Waals surface area (Å²) in [6.45, 7) is 0. The molecule has 2 aromatic rings. The number of anilines is 1. The number of nitrogens with zero attached hydrogens (tertiary/aromatic N) is 1. The van der Waals surface area contributed by atoms with Crippen LogP contribution in [0.3, 0.4) is 0 Å². The van der Waals surface area contributed by atoms with Crippen LogP contribution in [0.25, 0.3) is 0 Å². The SMILES string of the molecule is N#Cc1cc(F)ccc1NC(C(=O)O)c1ccccc1. The summed E-state index contributed by atoms with van der Waals surface area (Å²) in [6, 6.07) is 13.0. The van der Waals surface area contributed by atoms with Crippen molar-refractivity contribution < 1.29 is 14.3 Å². The summed E-state index contributed by atoms with van der Waals surface area (Å²) < 4.78 is 13.1. The molecule has 0 aliphatic carbocycles. The lowest BCUT2D eigenvalue weighted by Gasteiger charge is -2.17. The van der Waals surface area contributed by atoms with Gasteiger partial charge in [0.15, 0.2) is 6.04 Å². The summed E-state index contributed by atoms with van der Waals surface area (Å²) in [4.78, 5) is 11.4. The molecule has 1 unspecified atom stereocenters. The van der Waals surface area contributed by atoms with Gasteiger partial charge in [-0.05, 0) is 23.8 Å². The Kier molecular flexibility index (Phi) is 3.96. The van der Waals surface area contributed by atoms with Crippen LogP contribution >= 0.6 is 0 Å². The first kappa shape index (κ1) is 13.6. The number of hydrogen-bond acceptors (Lipinski definition) is 3. The van der Waals surface area contributed by atoms with E-state index in [2.05, 4.69) is 5.32 Å². The van der Waals surface area contributed by atoms with Gasteiger partial charge in [0.05, 0.1) is 11.3 Å². The lowest BCUT2D eigenvalue weighted by molar-refractivity contribution is -0.138. The molecule has 0 saturated carbocycles. The first-order chi connectivity index (χ1) is 9.61. The van der Waals surface area contributed by atoms with Crippen LogP contribution in [-0.4, -0.2) is 11.1 Å². The van der Waals surface area contributed by atoms with Crippen LogP contribution in [-0.2, 0) is 4.79 Å². The summed E-state index contributed by atoms with van der Waals surface area (Å²) in [7, 11) is 0. The fraction of sp³-hybridized carbons (Fsp3) is 0.0667. The van der Waals surface area contributed by atoms with Crippen LogP contribution in [0.4, 0.5) is 10.1 Å². The van der Waals surface area contributed by atoms with Gasteiger partial charge in [-0.1, -0.05) is 30.3 Å². The highest BCUT2D eigenvalue weighted by molar-refractivity contribution is 5.80. The average molecular weight is 270 g/mol. The number of carbonyl (C=O) groups is 1. The van der Waals surface area contributed by atoms with E-state index in [1.807, 2.05) is 6.07 Å². The van der Waals surface area contributed by atoms with E-state index in [1.54, 1.807) is 30.3 Å². The molecule has 0 bridgehead atoms. The van der Waals surface area contributed by atoms with E-state index in [-0.39, 0.29) is 11.3 Å². The molecule has 0 heterocycles. The molecule has 1 atom stereocenters. The molecule has 2 aromatic carbocycles. The molecule has 100 valence electrons. The highest BCUT2D eigenvalue weighted by Gasteiger charge is 2.20. The lowest BCUT2D eigenvalue weighted by Crippen LogP contribution is -2.20. The standard InChI is InChI=1S/C15H11FN2O2/c16-12-6-7-13(11(8-12)9-17)18-14(15(19)20)10-4-2-1-3-5-10/h1-8,14,18H,(H,19,20). The van der Waals surface area contributed by atoms with Crippen molar-refractivity contribution in [1.29, 1.82) is 5.26 Å². The first-order valence-corrected chi connectivity index (χ1v) is 5.86. The molecule has 0 fully saturated rings. The molecule has 20 heavy (non-hydrogen) atoms. The van der Waals surface area contributed by atoms with Gasteiger partial charge in [0.25, 0.3) is 0 Å². The highest BCUT2D eigenvalue weighted by Crippen LogP contribution is 2.23. The number of rotatable bonds is 4. The van der Waals surface area contributed by atoms with E-state index in [4.69, 9.17) is 5.26 Å². The van der Waals surface area contributed by atoms with E-state index < -0.39 is 17.8 Å². The molecule has 2 N–H and O–H groups in total. The Labute approximate surface area is 115 Å². The van der Waals surface area contributed by atoms with Crippen molar-refractivity contribution in [2.45, 2.75) is 6.04 Å². The molecule has 0 amide bonds. The van der Waals surface area contributed by atoms with Gasteiger partial charge in [0.2, 0.25) is 0 Å². The second kappa shape index (κ2) is 5.85. The van der Waals surface area contributed by atoms with Gasteiger partial charge in [0.1, 0.15) is 11.9 Å². The van der Waals surface area contributed by atoms with Gasteiger partial charge in [-0.25, -0.2) is 9.18 Å². The summed E-state index contributed by atoms with van der Waals surface area (Å²) in [5.41, 5.74) is 0.894. The van der Waals surface area contributed by atoms with Crippen LogP contribution in [0.1, 0.15) is 17.2 Å². The minimum absolute atomic E-state index is 0.0622. The Hall–Kier alpha value is -2.87. The van der Waals surface area contributed by atoms with Gasteiger partial charge >= 0.3 is 5.97 Å². The van der Waals surface area contributed by atoms with Crippen LogP contribution in [0.2, 0.25) is 0 Å².